The predicted molar refractivity (Wildman–Crippen MR) is 163 cm³/mol. The van der Waals surface area contributed by atoms with Crippen LogP contribution in [0.5, 0.6) is 17.2 Å². The van der Waals surface area contributed by atoms with Crippen LogP contribution in [0.2, 0.25) is 0 Å². The van der Waals surface area contributed by atoms with Gasteiger partial charge in [0.1, 0.15) is 23.3 Å². The van der Waals surface area contributed by atoms with Crippen molar-refractivity contribution in [2.75, 3.05) is 12.0 Å². The molecule has 0 amide bonds. The van der Waals surface area contributed by atoms with E-state index in [1.54, 1.807) is 7.11 Å². The first-order valence-electron chi connectivity index (χ1n) is 13.2. The van der Waals surface area contributed by atoms with Crippen LogP contribution in [0, 0.1) is 13.8 Å². The lowest BCUT2D eigenvalue weighted by Gasteiger charge is -2.29. The Morgan fingerprint density at radius 3 is 2.17 bits per heavy atom. The van der Waals surface area contributed by atoms with Crippen molar-refractivity contribution in [3.8, 4) is 22.9 Å². The van der Waals surface area contributed by atoms with Crippen LogP contribution in [0.3, 0.4) is 0 Å². The van der Waals surface area contributed by atoms with Gasteiger partial charge in [0.15, 0.2) is 5.11 Å². The molecule has 2 atom stereocenters. The average molecular weight is 547 g/mol. The maximum atomic E-state index is 6.16. The van der Waals surface area contributed by atoms with Gasteiger partial charge in [0.05, 0.1) is 18.8 Å². The van der Waals surface area contributed by atoms with Gasteiger partial charge in [-0.25, -0.2) is 0 Å². The predicted octanol–water partition coefficient (Wildman–Crippen LogP) is 7.47. The van der Waals surface area contributed by atoms with E-state index in [1.807, 2.05) is 79.9 Å². The molecule has 7 heteroatoms. The summed E-state index contributed by atoms with van der Waals surface area (Å²) in [5.74, 6) is 2.43. The number of rotatable bonds is 7. The van der Waals surface area contributed by atoms with E-state index in [4.69, 9.17) is 26.7 Å². The quantitative estimate of drug-likeness (QED) is 0.214. The molecule has 1 saturated heterocycles. The fourth-order valence-electron chi connectivity index (χ4n) is 5.28. The molecule has 0 spiro atoms. The van der Waals surface area contributed by atoms with Crippen molar-refractivity contribution in [3.05, 3.63) is 132 Å². The molecule has 1 N–H and O–H groups in total. The van der Waals surface area contributed by atoms with Gasteiger partial charge >= 0.3 is 0 Å². The third kappa shape index (κ3) is 4.80. The lowest BCUT2D eigenvalue weighted by Crippen LogP contribution is -2.30. The molecule has 2 aromatic heterocycles. The fourth-order valence-corrected chi connectivity index (χ4v) is 5.63. The second kappa shape index (κ2) is 10.9. The van der Waals surface area contributed by atoms with Gasteiger partial charge in [-0.05, 0) is 110 Å². The van der Waals surface area contributed by atoms with E-state index >= 15 is 0 Å². The molecular formula is C33H30N4O2S. The Balaban J connectivity index is 1.41. The Hall–Kier alpha value is -4.62. The fraction of sp³-hybridized carbons (Fsp3) is 0.152. The van der Waals surface area contributed by atoms with E-state index in [9.17, 15) is 0 Å². The SMILES string of the molecule is COc1ccc(-n2c(C)ccc2[C@@H]2[C@H](c3ccccn3)NC(=S)N2c2ccc(Oc3ccccc3C)cc2)cc1. The van der Waals surface area contributed by atoms with E-state index in [-0.39, 0.29) is 12.1 Å². The van der Waals surface area contributed by atoms with Gasteiger partial charge in [0.25, 0.3) is 0 Å². The molecule has 0 aliphatic carbocycles. The highest BCUT2D eigenvalue weighted by Gasteiger charge is 2.42. The monoisotopic (exact) mass is 546 g/mol. The van der Waals surface area contributed by atoms with E-state index in [0.29, 0.717) is 5.11 Å². The first kappa shape index (κ1) is 25.6. The van der Waals surface area contributed by atoms with E-state index < -0.39 is 0 Å². The molecule has 1 aliphatic rings. The van der Waals surface area contributed by atoms with Crippen LogP contribution in [0.25, 0.3) is 5.69 Å². The van der Waals surface area contributed by atoms with Crippen molar-refractivity contribution in [3.63, 3.8) is 0 Å². The summed E-state index contributed by atoms with van der Waals surface area (Å²) in [5, 5.41) is 4.21. The van der Waals surface area contributed by atoms with Gasteiger partial charge in [0, 0.05) is 29.0 Å². The molecule has 6 rings (SSSR count). The van der Waals surface area contributed by atoms with Crippen LogP contribution in [0.15, 0.2) is 109 Å². The van der Waals surface area contributed by atoms with Crippen LogP contribution in [-0.4, -0.2) is 21.8 Å². The van der Waals surface area contributed by atoms with E-state index in [0.717, 1.165) is 51.3 Å². The summed E-state index contributed by atoms with van der Waals surface area (Å²) >= 11 is 5.96. The smallest absolute Gasteiger partial charge is 0.174 e. The molecule has 1 aliphatic heterocycles. The number of para-hydroxylation sites is 1. The van der Waals surface area contributed by atoms with Gasteiger partial charge in [-0.1, -0.05) is 24.3 Å². The third-order valence-corrected chi connectivity index (χ3v) is 7.59. The van der Waals surface area contributed by atoms with Crippen LogP contribution < -0.4 is 19.7 Å². The average Bonchev–Trinajstić information content (AvgIpc) is 3.54. The summed E-state index contributed by atoms with van der Waals surface area (Å²) in [6.45, 7) is 4.16. The molecule has 200 valence electrons. The lowest BCUT2D eigenvalue weighted by atomic mass is 10.0. The molecule has 3 aromatic carbocycles. The number of aromatic nitrogens is 2. The van der Waals surface area contributed by atoms with Crippen molar-refractivity contribution < 1.29 is 9.47 Å². The first-order valence-corrected chi connectivity index (χ1v) is 13.6. The number of methoxy groups -OCH3 is 1. The zero-order valence-corrected chi connectivity index (χ0v) is 23.4. The molecule has 3 heterocycles. The largest absolute Gasteiger partial charge is 0.497 e. The van der Waals surface area contributed by atoms with Crippen molar-refractivity contribution in [1.82, 2.24) is 14.9 Å². The van der Waals surface area contributed by atoms with Crippen molar-refractivity contribution in [2.45, 2.75) is 25.9 Å². The number of ether oxygens (including phenoxy) is 2. The number of anilines is 1. The summed E-state index contributed by atoms with van der Waals surface area (Å²) < 4.78 is 13.8. The molecule has 0 unspecified atom stereocenters. The van der Waals surface area contributed by atoms with Gasteiger partial charge in [-0.2, -0.15) is 0 Å². The Morgan fingerprint density at radius 2 is 1.48 bits per heavy atom. The van der Waals surface area contributed by atoms with Crippen LogP contribution >= 0.6 is 12.2 Å². The summed E-state index contributed by atoms with van der Waals surface area (Å²) in [6.07, 6.45) is 1.82. The summed E-state index contributed by atoms with van der Waals surface area (Å²) in [6, 6.07) is 34.2. The molecular weight excluding hydrogens is 516 g/mol. The van der Waals surface area contributed by atoms with Crippen LogP contribution in [0.1, 0.15) is 34.7 Å². The number of aryl methyl sites for hydroxylation is 2. The highest BCUT2D eigenvalue weighted by Crippen LogP contribution is 2.43. The molecule has 0 saturated carbocycles. The minimum Gasteiger partial charge on any atom is -0.497 e. The molecule has 0 bridgehead atoms. The summed E-state index contributed by atoms with van der Waals surface area (Å²) in [5.41, 5.74) is 6.27. The van der Waals surface area contributed by atoms with Gasteiger partial charge < -0.3 is 24.3 Å². The summed E-state index contributed by atoms with van der Waals surface area (Å²) in [7, 11) is 1.68. The van der Waals surface area contributed by atoms with Crippen molar-refractivity contribution >= 4 is 23.0 Å². The van der Waals surface area contributed by atoms with Crippen LogP contribution in [0.4, 0.5) is 5.69 Å². The van der Waals surface area contributed by atoms with Crippen molar-refractivity contribution in [1.29, 1.82) is 0 Å². The highest BCUT2D eigenvalue weighted by molar-refractivity contribution is 7.80. The van der Waals surface area contributed by atoms with Gasteiger partial charge in [0.2, 0.25) is 0 Å². The molecule has 6 nitrogen and oxygen atoms in total. The number of hydrogen-bond donors (Lipinski definition) is 1. The first-order chi connectivity index (χ1) is 19.5. The highest BCUT2D eigenvalue weighted by atomic mass is 32.1. The van der Waals surface area contributed by atoms with Gasteiger partial charge in [-0.15, -0.1) is 0 Å². The van der Waals surface area contributed by atoms with Crippen molar-refractivity contribution in [2.24, 2.45) is 0 Å². The Morgan fingerprint density at radius 1 is 0.775 bits per heavy atom. The maximum Gasteiger partial charge on any atom is 0.174 e. The Labute approximate surface area is 239 Å². The minimum absolute atomic E-state index is 0.150. The zero-order valence-electron chi connectivity index (χ0n) is 22.6. The zero-order chi connectivity index (χ0) is 27.6. The van der Waals surface area contributed by atoms with E-state index in [2.05, 4.69) is 58.1 Å². The molecule has 5 aromatic rings. The normalized spacial score (nSPS) is 16.6. The minimum atomic E-state index is -0.152. The second-order valence-electron chi connectivity index (χ2n) is 9.79. The lowest BCUT2D eigenvalue weighted by molar-refractivity contribution is 0.414. The van der Waals surface area contributed by atoms with E-state index in [1.165, 1.54) is 0 Å². The molecule has 1 fully saturated rings. The van der Waals surface area contributed by atoms with Gasteiger partial charge in [-0.3, -0.25) is 4.98 Å². The number of thiocarbonyl (C=S) groups is 1. The maximum absolute atomic E-state index is 6.16. The van der Waals surface area contributed by atoms with Crippen LogP contribution in [-0.2, 0) is 0 Å². The number of nitrogens with zero attached hydrogens (tertiary/aromatic N) is 3. The topological polar surface area (TPSA) is 51.5 Å². The molecule has 0 radical (unpaired) electrons. The summed E-state index contributed by atoms with van der Waals surface area (Å²) in [4.78, 5) is 6.89. The second-order valence-corrected chi connectivity index (χ2v) is 10.2. The number of hydrogen-bond acceptors (Lipinski definition) is 4. The standard InChI is InChI=1S/C33H30N4O2S/c1-22-8-4-5-10-30(22)39-27-18-14-25(15-19-27)37-32(31(35-33(37)40)28-9-6-7-21-34-28)29-20-11-23(2)36(29)24-12-16-26(38-3)17-13-24/h4-21,31-32H,1-3H3,(H,35,40)/t31-,32+/m0/s1. The third-order valence-electron chi connectivity index (χ3n) is 7.27. The molecule has 40 heavy (non-hydrogen) atoms. The Bertz CT molecular complexity index is 1630. The number of pyridine rings is 1. The Kier molecular flexibility index (Phi) is 6.97. The number of benzene rings is 3. The number of nitrogens with one attached hydrogen (secondary N) is 1.